The van der Waals surface area contributed by atoms with Crippen molar-refractivity contribution in [1.82, 2.24) is 0 Å². The minimum absolute atomic E-state index is 0.0141. The Morgan fingerprint density at radius 1 is 1.27 bits per heavy atom. The second kappa shape index (κ2) is 4.81. The summed E-state index contributed by atoms with van der Waals surface area (Å²) in [6.45, 7) is 0. The molecule has 0 heterocycles. The summed E-state index contributed by atoms with van der Waals surface area (Å²) in [5.41, 5.74) is 10.2. The maximum atomic E-state index is 10.7. The second-order valence-electron chi connectivity index (χ2n) is 2.30. The third-order valence-electron chi connectivity index (χ3n) is 1.08. The molecule has 0 aromatic rings. The van der Waals surface area contributed by atoms with Gasteiger partial charge in [0.15, 0.2) is 0 Å². The van der Waals surface area contributed by atoms with Crippen LogP contribution in [0.4, 0.5) is 0 Å². The fourth-order valence-electron chi connectivity index (χ4n) is 0.611. The maximum Gasteiger partial charge on any atom is 0.303 e. The molecule has 5 N–H and O–H groups in total. The van der Waals surface area contributed by atoms with Crippen molar-refractivity contribution < 1.29 is 14.7 Å². The van der Waals surface area contributed by atoms with E-state index in [1.54, 1.807) is 0 Å². The van der Waals surface area contributed by atoms with Crippen LogP contribution < -0.4 is 11.5 Å². The van der Waals surface area contributed by atoms with Crippen molar-refractivity contribution in [1.29, 1.82) is 0 Å². The SMILES string of the molecule is NC(N)CC(=O)CCC(=O)O. The van der Waals surface area contributed by atoms with Crippen LogP contribution in [0.2, 0.25) is 0 Å². The lowest BCUT2D eigenvalue weighted by molar-refractivity contribution is -0.138. The van der Waals surface area contributed by atoms with Crippen LogP contribution in [0.1, 0.15) is 19.3 Å². The van der Waals surface area contributed by atoms with Gasteiger partial charge in [-0.2, -0.15) is 0 Å². The predicted molar refractivity (Wildman–Crippen MR) is 38.7 cm³/mol. The normalized spacial score (nSPS) is 10.1. The van der Waals surface area contributed by atoms with E-state index in [0.29, 0.717) is 0 Å². The van der Waals surface area contributed by atoms with Gasteiger partial charge < -0.3 is 16.6 Å². The van der Waals surface area contributed by atoms with Crippen LogP contribution in [0.5, 0.6) is 0 Å². The first-order valence-corrected chi connectivity index (χ1v) is 3.27. The van der Waals surface area contributed by atoms with Gasteiger partial charge in [-0.15, -0.1) is 0 Å². The van der Waals surface area contributed by atoms with Gasteiger partial charge in [0.05, 0.1) is 12.6 Å². The Hall–Kier alpha value is -0.940. The van der Waals surface area contributed by atoms with Gasteiger partial charge in [-0.05, 0) is 0 Å². The highest BCUT2D eigenvalue weighted by Gasteiger charge is 2.07. The molecule has 0 rings (SSSR count). The molecule has 0 saturated carbocycles. The number of rotatable bonds is 5. The minimum Gasteiger partial charge on any atom is -0.481 e. The third kappa shape index (κ3) is 6.95. The van der Waals surface area contributed by atoms with Crippen LogP contribution in [-0.4, -0.2) is 23.0 Å². The van der Waals surface area contributed by atoms with Crippen LogP contribution in [0, 0.1) is 0 Å². The van der Waals surface area contributed by atoms with Crippen molar-refractivity contribution >= 4 is 11.8 Å². The Balaban J connectivity index is 3.45. The number of Topliss-reactive ketones (excluding diaryl/α,β-unsaturated/α-hetero) is 1. The first kappa shape index (κ1) is 10.1. The fourth-order valence-corrected chi connectivity index (χ4v) is 0.611. The molecule has 0 amide bonds. The molecule has 0 bridgehead atoms. The van der Waals surface area contributed by atoms with E-state index in [-0.39, 0.29) is 25.0 Å². The highest BCUT2D eigenvalue weighted by atomic mass is 16.4. The molecule has 0 aliphatic rings. The zero-order chi connectivity index (χ0) is 8.85. The smallest absolute Gasteiger partial charge is 0.303 e. The molecule has 5 nitrogen and oxygen atoms in total. The van der Waals surface area contributed by atoms with Crippen molar-refractivity contribution in [3.8, 4) is 0 Å². The zero-order valence-corrected chi connectivity index (χ0v) is 6.12. The molecule has 0 unspecified atom stereocenters. The third-order valence-corrected chi connectivity index (χ3v) is 1.08. The van der Waals surface area contributed by atoms with Crippen molar-refractivity contribution in [2.45, 2.75) is 25.4 Å². The summed E-state index contributed by atoms with van der Waals surface area (Å²) < 4.78 is 0. The number of aliphatic carboxylic acids is 1. The largest absolute Gasteiger partial charge is 0.481 e. The number of carbonyl (C=O) groups is 2. The van der Waals surface area contributed by atoms with E-state index >= 15 is 0 Å². The van der Waals surface area contributed by atoms with Gasteiger partial charge in [0.2, 0.25) is 0 Å². The van der Waals surface area contributed by atoms with Crippen molar-refractivity contribution in [3.63, 3.8) is 0 Å². The standard InChI is InChI=1S/C6H12N2O3/c7-5(8)3-4(9)1-2-6(10)11/h5H,1-3,7-8H2,(H,10,11). The van der Waals surface area contributed by atoms with Crippen LogP contribution in [0.15, 0.2) is 0 Å². The summed E-state index contributed by atoms with van der Waals surface area (Å²) in [5, 5.41) is 8.18. The van der Waals surface area contributed by atoms with Crippen LogP contribution in [-0.2, 0) is 9.59 Å². The summed E-state index contributed by atoms with van der Waals surface area (Å²) in [6, 6.07) is 0. The molecular weight excluding hydrogens is 148 g/mol. The Kier molecular flexibility index (Phi) is 4.40. The highest BCUT2D eigenvalue weighted by Crippen LogP contribution is 1.95. The topological polar surface area (TPSA) is 106 Å². The monoisotopic (exact) mass is 160 g/mol. The molecule has 64 valence electrons. The summed E-state index contributed by atoms with van der Waals surface area (Å²) in [6.07, 6.45) is -0.754. The van der Waals surface area contributed by atoms with E-state index < -0.39 is 12.1 Å². The van der Waals surface area contributed by atoms with Crippen molar-refractivity contribution in [3.05, 3.63) is 0 Å². The zero-order valence-electron chi connectivity index (χ0n) is 6.12. The van der Waals surface area contributed by atoms with Crippen LogP contribution >= 0.6 is 0 Å². The fraction of sp³-hybridized carbons (Fsp3) is 0.667. The van der Waals surface area contributed by atoms with Crippen molar-refractivity contribution in [2.24, 2.45) is 11.5 Å². The van der Waals surface area contributed by atoms with Gasteiger partial charge in [-0.3, -0.25) is 9.59 Å². The van der Waals surface area contributed by atoms with Gasteiger partial charge in [0.25, 0.3) is 0 Å². The van der Waals surface area contributed by atoms with Gasteiger partial charge in [0, 0.05) is 12.8 Å². The number of nitrogens with two attached hydrogens (primary N) is 2. The van der Waals surface area contributed by atoms with Gasteiger partial charge in [-0.25, -0.2) is 0 Å². The molecule has 5 heteroatoms. The summed E-state index contributed by atoms with van der Waals surface area (Å²) in [5.74, 6) is -1.19. The molecule has 0 aromatic heterocycles. The Morgan fingerprint density at radius 3 is 2.18 bits per heavy atom. The summed E-state index contributed by atoms with van der Waals surface area (Å²) in [7, 11) is 0. The van der Waals surface area contributed by atoms with E-state index in [2.05, 4.69) is 0 Å². The number of carboxylic acid groups (broad SMARTS) is 1. The predicted octanol–water partition coefficient (Wildman–Crippen LogP) is -0.946. The van der Waals surface area contributed by atoms with E-state index in [1.807, 2.05) is 0 Å². The van der Waals surface area contributed by atoms with E-state index in [0.717, 1.165) is 0 Å². The lowest BCUT2D eigenvalue weighted by Gasteiger charge is -2.01. The molecule has 0 atom stereocenters. The van der Waals surface area contributed by atoms with Crippen molar-refractivity contribution in [2.75, 3.05) is 0 Å². The van der Waals surface area contributed by atoms with Crippen LogP contribution in [0.3, 0.4) is 0 Å². The summed E-state index contributed by atoms with van der Waals surface area (Å²) in [4.78, 5) is 20.7. The molecule has 0 aliphatic carbocycles. The molecule has 0 fully saturated rings. The number of hydrogen-bond donors (Lipinski definition) is 3. The van der Waals surface area contributed by atoms with E-state index in [4.69, 9.17) is 16.6 Å². The number of ketones is 1. The lowest BCUT2D eigenvalue weighted by Crippen LogP contribution is -2.32. The lowest BCUT2D eigenvalue weighted by atomic mass is 10.1. The Bertz CT molecular complexity index is 156. The molecule has 11 heavy (non-hydrogen) atoms. The molecule has 0 spiro atoms. The number of carboxylic acids is 1. The van der Waals surface area contributed by atoms with Gasteiger partial charge >= 0.3 is 5.97 Å². The quantitative estimate of drug-likeness (QED) is 0.450. The average Bonchev–Trinajstić information content (AvgIpc) is 1.82. The Labute approximate surface area is 64.4 Å². The average molecular weight is 160 g/mol. The van der Waals surface area contributed by atoms with Crippen LogP contribution in [0.25, 0.3) is 0 Å². The van der Waals surface area contributed by atoms with E-state index in [1.165, 1.54) is 0 Å². The molecule has 0 aromatic carbocycles. The molecule has 0 aliphatic heterocycles. The molecular formula is C6H12N2O3. The number of hydrogen-bond acceptors (Lipinski definition) is 4. The summed E-state index contributed by atoms with van der Waals surface area (Å²) >= 11 is 0. The second-order valence-corrected chi connectivity index (χ2v) is 2.30. The molecule has 0 saturated heterocycles. The first-order chi connectivity index (χ1) is 5.02. The minimum atomic E-state index is -0.982. The van der Waals surface area contributed by atoms with Gasteiger partial charge in [0.1, 0.15) is 5.78 Å². The number of carbonyl (C=O) groups excluding carboxylic acids is 1. The van der Waals surface area contributed by atoms with E-state index in [9.17, 15) is 9.59 Å². The highest BCUT2D eigenvalue weighted by molar-refractivity contribution is 5.82. The first-order valence-electron chi connectivity index (χ1n) is 3.27. The maximum absolute atomic E-state index is 10.7. The Morgan fingerprint density at radius 2 is 1.82 bits per heavy atom. The van der Waals surface area contributed by atoms with Gasteiger partial charge in [-0.1, -0.05) is 0 Å². The molecule has 0 radical (unpaired) electrons.